The Bertz CT molecular complexity index is 622. The molecular weight excluding hydrogens is 272 g/mol. The third-order valence-electron chi connectivity index (χ3n) is 3.33. The van der Waals surface area contributed by atoms with E-state index in [0.29, 0.717) is 5.56 Å². The summed E-state index contributed by atoms with van der Waals surface area (Å²) in [5, 5.41) is 14.3. The average Bonchev–Trinajstić information content (AvgIpc) is 2.89. The van der Waals surface area contributed by atoms with Gasteiger partial charge in [-0.15, -0.1) is 11.3 Å². The minimum atomic E-state index is -0.342. The molecule has 0 bridgehead atoms. The molecule has 1 aromatic carbocycles. The van der Waals surface area contributed by atoms with Crippen LogP contribution in [-0.2, 0) is 6.42 Å². The van der Waals surface area contributed by atoms with Gasteiger partial charge < -0.3 is 5.32 Å². The third kappa shape index (κ3) is 2.99. The predicted molar refractivity (Wildman–Crippen MR) is 83.6 cm³/mol. The molecule has 4 nitrogen and oxygen atoms in total. The van der Waals surface area contributed by atoms with Crippen molar-refractivity contribution in [2.75, 3.05) is 5.32 Å². The van der Waals surface area contributed by atoms with Crippen LogP contribution in [0.25, 0.3) is 0 Å². The molecule has 1 N–H and O–H groups in total. The molecule has 0 saturated heterocycles. The van der Waals surface area contributed by atoms with Crippen molar-refractivity contribution in [3.05, 3.63) is 55.8 Å². The first-order valence-electron chi connectivity index (χ1n) is 6.62. The van der Waals surface area contributed by atoms with Gasteiger partial charge in [-0.05, 0) is 38.5 Å². The van der Waals surface area contributed by atoms with Gasteiger partial charge in [-0.3, -0.25) is 10.1 Å². The Morgan fingerprint density at radius 1 is 1.35 bits per heavy atom. The first kappa shape index (κ1) is 14.5. The highest BCUT2D eigenvalue weighted by Gasteiger charge is 2.15. The minimum absolute atomic E-state index is 0.140. The minimum Gasteiger partial charge on any atom is -0.377 e. The molecule has 0 aliphatic rings. The van der Waals surface area contributed by atoms with E-state index in [4.69, 9.17) is 0 Å². The molecule has 0 fully saturated rings. The number of rotatable bonds is 5. The summed E-state index contributed by atoms with van der Waals surface area (Å²) in [7, 11) is 0. The van der Waals surface area contributed by atoms with Crippen molar-refractivity contribution >= 4 is 22.7 Å². The summed E-state index contributed by atoms with van der Waals surface area (Å²) in [4.78, 5) is 13.2. The van der Waals surface area contributed by atoms with Gasteiger partial charge in [-0.2, -0.15) is 0 Å². The van der Waals surface area contributed by atoms with E-state index in [1.165, 1.54) is 15.8 Å². The van der Waals surface area contributed by atoms with Crippen LogP contribution in [0.2, 0.25) is 0 Å². The summed E-state index contributed by atoms with van der Waals surface area (Å²) in [5.74, 6) is 0. The monoisotopic (exact) mass is 290 g/mol. The number of nitro benzene ring substituents is 1. The number of anilines is 1. The quantitative estimate of drug-likeness (QED) is 0.641. The highest BCUT2D eigenvalue weighted by atomic mass is 32.1. The summed E-state index contributed by atoms with van der Waals surface area (Å²) < 4.78 is 0. The van der Waals surface area contributed by atoms with E-state index in [0.717, 1.165) is 12.1 Å². The van der Waals surface area contributed by atoms with Crippen LogP contribution < -0.4 is 5.32 Å². The summed E-state index contributed by atoms with van der Waals surface area (Å²) in [6.45, 7) is 5.99. The zero-order chi connectivity index (χ0) is 14.7. The first-order valence-corrected chi connectivity index (χ1v) is 7.43. The molecule has 5 heteroatoms. The fraction of sp³-hybridized carbons (Fsp3) is 0.333. The Morgan fingerprint density at radius 3 is 2.70 bits per heavy atom. The van der Waals surface area contributed by atoms with Gasteiger partial charge in [0.25, 0.3) is 5.69 Å². The van der Waals surface area contributed by atoms with Crippen LogP contribution in [0.15, 0.2) is 30.3 Å². The smallest absolute Gasteiger partial charge is 0.274 e. The summed E-state index contributed by atoms with van der Waals surface area (Å²) >= 11 is 1.78. The van der Waals surface area contributed by atoms with Gasteiger partial charge in [0, 0.05) is 27.1 Å². The lowest BCUT2D eigenvalue weighted by Crippen LogP contribution is -2.07. The standard InChI is InChI=1S/C15H18N2O2S/c1-4-12-8-9-15(20-12)11(3)16-13-6-5-7-14(10(13)2)17(18)19/h5-9,11,16H,4H2,1-3H3. The number of nitrogens with one attached hydrogen (secondary N) is 1. The molecule has 0 aliphatic carbocycles. The molecule has 1 aromatic heterocycles. The van der Waals surface area contributed by atoms with Gasteiger partial charge in [-0.25, -0.2) is 0 Å². The Labute approximate surface area is 122 Å². The Balaban J connectivity index is 2.21. The van der Waals surface area contributed by atoms with Crippen molar-refractivity contribution in [3.8, 4) is 0 Å². The van der Waals surface area contributed by atoms with E-state index in [2.05, 4.69) is 31.3 Å². The van der Waals surface area contributed by atoms with E-state index in [9.17, 15) is 10.1 Å². The van der Waals surface area contributed by atoms with Crippen molar-refractivity contribution in [2.45, 2.75) is 33.2 Å². The van der Waals surface area contributed by atoms with E-state index in [1.54, 1.807) is 24.3 Å². The second-order valence-electron chi connectivity index (χ2n) is 4.73. The average molecular weight is 290 g/mol. The van der Waals surface area contributed by atoms with Gasteiger partial charge >= 0.3 is 0 Å². The molecular formula is C15H18N2O2S. The molecule has 1 unspecified atom stereocenters. The van der Waals surface area contributed by atoms with Crippen molar-refractivity contribution in [2.24, 2.45) is 0 Å². The lowest BCUT2D eigenvalue weighted by Gasteiger charge is -2.15. The molecule has 0 amide bonds. The summed E-state index contributed by atoms with van der Waals surface area (Å²) in [6.07, 6.45) is 1.03. The fourth-order valence-electron chi connectivity index (χ4n) is 2.10. The van der Waals surface area contributed by atoms with Gasteiger partial charge in [0.1, 0.15) is 0 Å². The summed E-state index contributed by atoms with van der Waals surface area (Å²) in [5.41, 5.74) is 1.65. The van der Waals surface area contributed by atoms with Gasteiger partial charge in [0.2, 0.25) is 0 Å². The fourth-order valence-corrected chi connectivity index (χ4v) is 3.05. The van der Waals surface area contributed by atoms with Crippen molar-refractivity contribution in [1.82, 2.24) is 0 Å². The van der Waals surface area contributed by atoms with Gasteiger partial charge in [-0.1, -0.05) is 13.0 Å². The molecule has 0 radical (unpaired) electrons. The lowest BCUT2D eigenvalue weighted by molar-refractivity contribution is -0.385. The van der Waals surface area contributed by atoms with Crippen LogP contribution in [0.1, 0.15) is 35.2 Å². The van der Waals surface area contributed by atoms with Crippen LogP contribution >= 0.6 is 11.3 Å². The maximum absolute atomic E-state index is 11.0. The van der Waals surface area contributed by atoms with Crippen LogP contribution in [0.3, 0.4) is 0 Å². The van der Waals surface area contributed by atoms with Gasteiger partial charge in [0.15, 0.2) is 0 Å². The van der Waals surface area contributed by atoms with Crippen molar-refractivity contribution in [3.63, 3.8) is 0 Å². The maximum Gasteiger partial charge on any atom is 0.274 e. The molecule has 2 aromatic rings. The van der Waals surface area contributed by atoms with Crippen molar-refractivity contribution < 1.29 is 4.92 Å². The van der Waals surface area contributed by atoms with Gasteiger partial charge in [0.05, 0.1) is 11.0 Å². The number of hydrogen-bond acceptors (Lipinski definition) is 4. The molecule has 0 saturated carbocycles. The summed E-state index contributed by atoms with van der Waals surface area (Å²) in [6, 6.07) is 9.53. The zero-order valence-electron chi connectivity index (χ0n) is 11.8. The van der Waals surface area contributed by atoms with E-state index in [1.807, 2.05) is 6.07 Å². The lowest BCUT2D eigenvalue weighted by atomic mass is 10.1. The molecule has 1 heterocycles. The first-order chi connectivity index (χ1) is 9.52. The zero-order valence-corrected chi connectivity index (χ0v) is 12.7. The van der Waals surface area contributed by atoms with Crippen LogP contribution in [-0.4, -0.2) is 4.92 Å². The Morgan fingerprint density at radius 2 is 2.10 bits per heavy atom. The molecule has 0 spiro atoms. The van der Waals surface area contributed by atoms with E-state index >= 15 is 0 Å². The number of thiophene rings is 1. The topological polar surface area (TPSA) is 55.2 Å². The number of benzene rings is 1. The van der Waals surface area contributed by atoms with E-state index < -0.39 is 0 Å². The molecule has 20 heavy (non-hydrogen) atoms. The predicted octanol–water partition coefficient (Wildman–Crippen LogP) is 4.70. The number of nitrogens with zero attached hydrogens (tertiary/aromatic N) is 1. The molecule has 2 rings (SSSR count). The SMILES string of the molecule is CCc1ccc(C(C)Nc2cccc([N+](=O)[O-])c2C)s1. The molecule has 1 atom stereocenters. The maximum atomic E-state index is 11.0. The van der Waals surface area contributed by atoms with Crippen LogP contribution in [0.4, 0.5) is 11.4 Å². The highest BCUT2D eigenvalue weighted by Crippen LogP contribution is 2.30. The molecule has 106 valence electrons. The third-order valence-corrected chi connectivity index (χ3v) is 4.74. The number of hydrogen-bond donors (Lipinski definition) is 1. The second-order valence-corrected chi connectivity index (χ2v) is 5.93. The number of aryl methyl sites for hydroxylation is 1. The van der Waals surface area contributed by atoms with E-state index in [-0.39, 0.29) is 16.7 Å². The Kier molecular flexibility index (Phi) is 4.39. The largest absolute Gasteiger partial charge is 0.377 e. The van der Waals surface area contributed by atoms with Crippen LogP contribution in [0.5, 0.6) is 0 Å². The molecule has 0 aliphatic heterocycles. The van der Waals surface area contributed by atoms with Crippen molar-refractivity contribution in [1.29, 1.82) is 0 Å². The number of nitro groups is 1. The Hall–Kier alpha value is -1.88. The second kappa shape index (κ2) is 6.05. The highest BCUT2D eigenvalue weighted by molar-refractivity contribution is 7.12. The van der Waals surface area contributed by atoms with Crippen LogP contribution in [0, 0.1) is 17.0 Å². The normalized spacial score (nSPS) is 12.2.